The molecule has 3 aromatic rings. The first-order valence-corrected chi connectivity index (χ1v) is 6.79. The zero-order valence-electron chi connectivity index (χ0n) is 11.7. The van der Waals surface area contributed by atoms with Gasteiger partial charge in [-0.2, -0.15) is 0 Å². The van der Waals surface area contributed by atoms with Crippen LogP contribution in [0.3, 0.4) is 0 Å². The molecule has 106 valence electrons. The standard InChI is InChI=1S/C17H16N2O2/c1-11(18)12-6-4-7-14(9-12)19-17(20)16-10-13-5-2-3-8-15(13)21-16/h2-11H,18H2,1H3,(H,19,20). The van der Waals surface area contributed by atoms with E-state index in [1.54, 1.807) is 6.07 Å². The van der Waals surface area contributed by atoms with Crippen LogP contribution >= 0.6 is 0 Å². The van der Waals surface area contributed by atoms with Gasteiger partial charge in [-0.3, -0.25) is 4.79 Å². The third-order valence-electron chi connectivity index (χ3n) is 3.32. The predicted molar refractivity (Wildman–Crippen MR) is 83.2 cm³/mol. The molecule has 2 aromatic carbocycles. The fourth-order valence-corrected chi connectivity index (χ4v) is 2.19. The second kappa shape index (κ2) is 5.42. The van der Waals surface area contributed by atoms with Crippen LogP contribution in [0, 0.1) is 0 Å². The van der Waals surface area contributed by atoms with Crippen LogP contribution in [-0.2, 0) is 0 Å². The molecule has 0 aliphatic carbocycles. The van der Waals surface area contributed by atoms with Crippen molar-refractivity contribution in [2.75, 3.05) is 5.32 Å². The number of carbonyl (C=O) groups excluding carboxylic acids is 1. The molecular formula is C17H16N2O2. The first-order chi connectivity index (χ1) is 10.1. The molecule has 4 nitrogen and oxygen atoms in total. The number of carbonyl (C=O) groups is 1. The molecule has 0 spiro atoms. The topological polar surface area (TPSA) is 68.3 Å². The first kappa shape index (κ1) is 13.4. The highest BCUT2D eigenvalue weighted by Crippen LogP contribution is 2.21. The normalized spacial score (nSPS) is 12.3. The quantitative estimate of drug-likeness (QED) is 0.768. The van der Waals surface area contributed by atoms with E-state index in [1.807, 2.05) is 55.5 Å². The van der Waals surface area contributed by atoms with Crippen LogP contribution in [0.25, 0.3) is 11.0 Å². The maximum absolute atomic E-state index is 12.2. The SMILES string of the molecule is CC(N)c1cccc(NC(=O)c2cc3ccccc3o2)c1. The van der Waals surface area contributed by atoms with Crippen molar-refractivity contribution in [2.45, 2.75) is 13.0 Å². The molecule has 3 rings (SSSR count). The summed E-state index contributed by atoms with van der Waals surface area (Å²) in [6.45, 7) is 1.90. The lowest BCUT2D eigenvalue weighted by molar-refractivity contribution is 0.0998. The van der Waals surface area contributed by atoms with E-state index in [9.17, 15) is 4.79 Å². The molecule has 0 radical (unpaired) electrons. The summed E-state index contributed by atoms with van der Waals surface area (Å²) in [5.41, 5.74) is 8.22. The van der Waals surface area contributed by atoms with Gasteiger partial charge in [-0.15, -0.1) is 0 Å². The van der Waals surface area contributed by atoms with E-state index in [4.69, 9.17) is 10.2 Å². The Kier molecular flexibility index (Phi) is 3.46. The molecule has 1 amide bonds. The third kappa shape index (κ3) is 2.80. The minimum Gasteiger partial charge on any atom is -0.451 e. The number of benzene rings is 2. The Morgan fingerprint density at radius 2 is 1.95 bits per heavy atom. The molecule has 1 heterocycles. The Balaban J connectivity index is 1.84. The van der Waals surface area contributed by atoms with E-state index in [0.717, 1.165) is 10.9 Å². The molecule has 3 N–H and O–H groups in total. The molecule has 0 saturated carbocycles. The van der Waals surface area contributed by atoms with Gasteiger partial charge in [0.2, 0.25) is 0 Å². The number of anilines is 1. The minimum absolute atomic E-state index is 0.0759. The molecule has 1 aromatic heterocycles. The first-order valence-electron chi connectivity index (χ1n) is 6.79. The summed E-state index contributed by atoms with van der Waals surface area (Å²) in [5.74, 6) is 0.0235. The van der Waals surface area contributed by atoms with E-state index in [-0.39, 0.29) is 11.9 Å². The van der Waals surface area contributed by atoms with E-state index < -0.39 is 0 Å². The van der Waals surface area contributed by atoms with Crippen molar-refractivity contribution >= 4 is 22.6 Å². The average Bonchev–Trinajstić information content (AvgIpc) is 2.91. The molecule has 0 saturated heterocycles. The second-order valence-corrected chi connectivity index (χ2v) is 5.02. The van der Waals surface area contributed by atoms with Gasteiger partial charge in [0.05, 0.1) is 0 Å². The second-order valence-electron chi connectivity index (χ2n) is 5.02. The van der Waals surface area contributed by atoms with Crippen LogP contribution in [0.2, 0.25) is 0 Å². The number of amides is 1. The van der Waals surface area contributed by atoms with E-state index in [2.05, 4.69) is 5.32 Å². The molecule has 0 aliphatic rings. The van der Waals surface area contributed by atoms with Gasteiger partial charge in [-0.05, 0) is 36.8 Å². The number of furan rings is 1. The maximum atomic E-state index is 12.2. The van der Waals surface area contributed by atoms with Crippen molar-refractivity contribution in [2.24, 2.45) is 5.73 Å². The van der Waals surface area contributed by atoms with Crippen molar-refractivity contribution < 1.29 is 9.21 Å². The highest BCUT2D eigenvalue weighted by atomic mass is 16.3. The molecule has 21 heavy (non-hydrogen) atoms. The van der Waals surface area contributed by atoms with Gasteiger partial charge in [0.1, 0.15) is 5.58 Å². The van der Waals surface area contributed by atoms with Gasteiger partial charge >= 0.3 is 0 Å². The molecule has 0 fully saturated rings. The van der Waals surface area contributed by atoms with Gasteiger partial charge in [-0.25, -0.2) is 0 Å². The molecule has 1 atom stereocenters. The number of nitrogens with two attached hydrogens (primary N) is 1. The zero-order chi connectivity index (χ0) is 14.8. The van der Waals surface area contributed by atoms with Crippen LogP contribution in [0.1, 0.15) is 29.1 Å². The predicted octanol–water partition coefficient (Wildman–Crippen LogP) is 3.70. The van der Waals surface area contributed by atoms with Crippen LogP contribution < -0.4 is 11.1 Å². The van der Waals surface area contributed by atoms with Crippen LogP contribution in [-0.4, -0.2) is 5.91 Å². The molecule has 4 heteroatoms. The van der Waals surface area contributed by atoms with Crippen LogP contribution in [0.4, 0.5) is 5.69 Å². The van der Waals surface area contributed by atoms with Crippen molar-refractivity contribution in [1.82, 2.24) is 0 Å². The maximum Gasteiger partial charge on any atom is 0.291 e. The molecule has 0 aliphatic heterocycles. The summed E-state index contributed by atoms with van der Waals surface area (Å²) in [6.07, 6.45) is 0. The van der Waals surface area contributed by atoms with Gasteiger partial charge < -0.3 is 15.5 Å². The lowest BCUT2D eigenvalue weighted by Crippen LogP contribution is -2.12. The molecule has 1 unspecified atom stereocenters. The molecular weight excluding hydrogens is 264 g/mol. The lowest BCUT2D eigenvalue weighted by atomic mass is 10.1. The van der Waals surface area contributed by atoms with Crippen LogP contribution in [0.5, 0.6) is 0 Å². The van der Waals surface area contributed by atoms with Gasteiger partial charge in [0.15, 0.2) is 5.76 Å². The smallest absolute Gasteiger partial charge is 0.291 e. The summed E-state index contributed by atoms with van der Waals surface area (Å²) >= 11 is 0. The zero-order valence-corrected chi connectivity index (χ0v) is 11.7. The molecule has 0 bridgehead atoms. The summed E-state index contributed by atoms with van der Waals surface area (Å²) < 4.78 is 5.54. The summed E-state index contributed by atoms with van der Waals surface area (Å²) in [7, 11) is 0. The van der Waals surface area contributed by atoms with Gasteiger partial charge in [0, 0.05) is 17.1 Å². The van der Waals surface area contributed by atoms with Crippen molar-refractivity contribution in [3.8, 4) is 0 Å². The number of fused-ring (bicyclic) bond motifs is 1. The number of hydrogen-bond acceptors (Lipinski definition) is 3. The number of para-hydroxylation sites is 1. The monoisotopic (exact) mass is 280 g/mol. The Bertz CT molecular complexity index is 757. The highest BCUT2D eigenvalue weighted by molar-refractivity contribution is 6.04. The number of hydrogen-bond donors (Lipinski definition) is 2. The van der Waals surface area contributed by atoms with Gasteiger partial charge in [-0.1, -0.05) is 30.3 Å². The highest BCUT2D eigenvalue weighted by Gasteiger charge is 2.12. The van der Waals surface area contributed by atoms with E-state index >= 15 is 0 Å². The Morgan fingerprint density at radius 3 is 2.71 bits per heavy atom. The van der Waals surface area contributed by atoms with Crippen molar-refractivity contribution in [3.63, 3.8) is 0 Å². The fraction of sp³-hybridized carbons (Fsp3) is 0.118. The third-order valence-corrected chi connectivity index (χ3v) is 3.32. The number of rotatable bonds is 3. The Hall–Kier alpha value is -2.59. The van der Waals surface area contributed by atoms with Crippen LogP contribution in [0.15, 0.2) is 59.0 Å². The fourth-order valence-electron chi connectivity index (χ4n) is 2.19. The number of nitrogens with one attached hydrogen (secondary N) is 1. The largest absolute Gasteiger partial charge is 0.451 e. The van der Waals surface area contributed by atoms with Crippen molar-refractivity contribution in [1.29, 1.82) is 0 Å². The summed E-state index contributed by atoms with van der Waals surface area (Å²) in [6, 6.07) is 16.7. The Labute approximate surface area is 122 Å². The van der Waals surface area contributed by atoms with Crippen molar-refractivity contribution in [3.05, 3.63) is 65.9 Å². The van der Waals surface area contributed by atoms with Gasteiger partial charge in [0.25, 0.3) is 5.91 Å². The summed E-state index contributed by atoms with van der Waals surface area (Å²) in [5, 5.41) is 3.74. The minimum atomic E-state index is -0.270. The van der Waals surface area contributed by atoms with E-state index in [1.165, 1.54) is 0 Å². The Morgan fingerprint density at radius 1 is 1.14 bits per heavy atom. The lowest BCUT2D eigenvalue weighted by Gasteiger charge is -2.08. The van der Waals surface area contributed by atoms with E-state index in [0.29, 0.717) is 17.0 Å². The average molecular weight is 280 g/mol. The summed E-state index contributed by atoms with van der Waals surface area (Å²) in [4.78, 5) is 12.2.